The summed E-state index contributed by atoms with van der Waals surface area (Å²) in [5.74, 6) is 1.77. The maximum Gasteiger partial charge on any atom is 0.253 e. The number of nitrogens with two attached hydrogens (primary N) is 1. The van der Waals surface area contributed by atoms with Gasteiger partial charge in [-0.15, -0.1) is 0 Å². The zero-order valence-electron chi connectivity index (χ0n) is 25.7. The first-order valence-electron chi connectivity index (χ1n) is 15.4. The minimum absolute atomic E-state index is 0.0609. The molecule has 0 aliphatic carbocycles. The van der Waals surface area contributed by atoms with Crippen LogP contribution < -0.4 is 10.5 Å². The van der Waals surface area contributed by atoms with Gasteiger partial charge in [0.2, 0.25) is 16.0 Å². The molecule has 3 aromatic rings. The van der Waals surface area contributed by atoms with Gasteiger partial charge >= 0.3 is 0 Å². The van der Waals surface area contributed by atoms with Crippen LogP contribution >= 0.6 is 0 Å². The molecule has 10 heteroatoms. The summed E-state index contributed by atoms with van der Waals surface area (Å²) in [5.41, 5.74) is 3.11. The lowest BCUT2D eigenvalue weighted by molar-refractivity contribution is 0.0741. The van der Waals surface area contributed by atoms with E-state index in [1.54, 1.807) is 12.1 Å². The summed E-state index contributed by atoms with van der Waals surface area (Å²) in [6, 6.07) is 12.2. The Morgan fingerprint density at radius 3 is 2.19 bits per heavy atom. The summed E-state index contributed by atoms with van der Waals surface area (Å²) in [4.78, 5) is 23.2. The number of anilines is 2. The van der Waals surface area contributed by atoms with Crippen LogP contribution in [0.2, 0.25) is 0 Å². The lowest BCUT2D eigenvalue weighted by Gasteiger charge is -2.26. The molecule has 1 saturated heterocycles. The Labute approximate surface area is 251 Å². The molecule has 0 unspecified atom stereocenters. The van der Waals surface area contributed by atoms with Gasteiger partial charge in [-0.2, -0.15) is 0 Å². The monoisotopic (exact) mass is 596 g/mol. The van der Waals surface area contributed by atoms with Crippen molar-refractivity contribution < 1.29 is 13.2 Å². The molecule has 0 atom stereocenters. The van der Waals surface area contributed by atoms with Gasteiger partial charge in [0.05, 0.1) is 15.9 Å². The number of nitrogens with one attached hydrogen (secondary N) is 1. The second kappa shape index (κ2) is 14.5. The number of aromatic nitrogens is 2. The molecule has 0 spiro atoms. The number of aryl methyl sites for hydroxylation is 1. The lowest BCUT2D eigenvalue weighted by atomic mass is 10.1. The van der Waals surface area contributed by atoms with Crippen LogP contribution in [0, 0.1) is 11.8 Å². The number of carbonyl (C=O) groups is 1. The second-order valence-electron chi connectivity index (χ2n) is 12.4. The number of primary sulfonamides is 1. The molecule has 1 aliphatic rings. The molecule has 3 N–H and O–H groups in total. The number of fused-ring (bicyclic) bond motifs is 1. The number of carbonyl (C=O) groups excluding carboxylic acids is 1. The van der Waals surface area contributed by atoms with E-state index in [4.69, 9.17) is 10.1 Å². The van der Waals surface area contributed by atoms with E-state index >= 15 is 0 Å². The first-order valence-corrected chi connectivity index (χ1v) is 17.0. The Hall–Kier alpha value is -2.95. The first-order chi connectivity index (χ1) is 20.0. The molecule has 1 aliphatic heterocycles. The zero-order chi connectivity index (χ0) is 30.3. The number of nitrogens with zero attached hydrogens (tertiary/aromatic N) is 4. The summed E-state index contributed by atoms with van der Waals surface area (Å²) < 4.78 is 25.6. The molecule has 0 radical (unpaired) electrons. The van der Waals surface area contributed by atoms with Gasteiger partial charge in [-0.05, 0) is 106 Å². The number of likely N-dealkylation sites (tertiary alicyclic amines) is 1. The summed E-state index contributed by atoms with van der Waals surface area (Å²) in [6.45, 7) is 14.3. The van der Waals surface area contributed by atoms with E-state index in [9.17, 15) is 13.2 Å². The van der Waals surface area contributed by atoms with Gasteiger partial charge in [0.25, 0.3) is 5.91 Å². The fraction of sp³-hybridized carbons (Fsp3) is 0.562. The number of hydrogen-bond donors (Lipinski definition) is 2. The third-order valence-corrected chi connectivity index (χ3v) is 8.91. The Balaban J connectivity index is 1.63. The van der Waals surface area contributed by atoms with Crippen molar-refractivity contribution in [3.05, 3.63) is 48.0 Å². The van der Waals surface area contributed by atoms with Gasteiger partial charge in [-0.25, -0.2) is 18.5 Å². The fourth-order valence-corrected chi connectivity index (χ4v) is 5.91. The Bertz CT molecular complexity index is 1410. The van der Waals surface area contributed by atoms with Crippen molar-refractivity contribution in [2.24, 2.45) is 17.0 Å². The van der Waals surface area contributed by atoms with E-state index in [2.05, 4.69) is 42.5 Å². The number of rotatable bonds is 14. The Morgan fingerprint density at radius 2 is 1.60 bits per heavy atom. The van der Waals surface area contributed by atoms with Crippen molar-refractivity contribution in [3.63, 3.8) is 0 Å². The van der Waals surface area contributed by atoms with Crippen molar-refractivity contribution in [1.29, 1.82) is 0 Å². The molecule has 0 bridgehead atoms. The van der Waals surface area contributed by atoms with E-state index in [0.29, 0.717) is 29.0 Å². The maximum absolute atomic E-state index is 13.8. The summed E-state index contributed by atoms with van der Waals surface area (Å²) in [6.07, 6.45) is 6.72. The number of piperidine rings is 1. The zero-order valence-corrected chi connectivity index (χ0v) is 26.5. The standard InChI is InChI=1S/C32H48N6O3S/c1-24(2)15-21-37(22-16-25(3)4)31(39)26-9-14-29-30(23-26)38(20-8-19-36-17-6-5-7-18-36)32(35-29)34-27-10-12-28(13-11-27)42(33,40)41/h9-14,23-25H,5-8,15-22H2,1-4H3,(H,34,35)(H2,33,40,41). The van der Waals surface area contributed by atoms with Gasteiger partial charge in [-0.3, -0.25) is 4.79 Å². The van der Waals surface area contributed by atoms with Crippen molar-refractivity contribution in [2.45, 2.75) is 77.7 Å². The summed E-state index contributed by atoms with van der Waals surface area (Å²) in [7, 11) is -3.77. The van der Waals surface area contributed by atoms with Crippen molar-refractivity contribution in [3.8, 4) is 0 Å². The molecule has 4 rings (SSSR count). The molecular weight excluding hydrogens is 548 g/mol. The summed E-state index contributed by atoms with van der Waals surface area (Å²) >= 11 is 0. The van der Waals surface area contributed by atoms with Crippen LogP contribution in [0.3, 0.4) is 0 Å². The van der Waals surface area contributed by atoms with Gasteiger partial charge in [0, 0.05) is 30.9 Å². The highest BCUT2D eigenvalue weighted by Crippen LogP contribution is 2.26. The van der Waals surface area contributed by atoms with E-state index < -0.39 is 10.0 Å². The molecule has 1 amide bonds. The van der Waals surface area contributed by atoms with Gasteiger partial charge in [-0.1, -0.05) is 34.1 Å². The molecule has 2 heterocycles. The first kappa shape index (κ1) is 32.0. The molecule has 9 nitrogen and oxygen atoms in total. The van der Waals surface area contributed by atoms with Crippen LogP contribution in [0.5, 0.6) is 0 Å². The predicted molar refractivity (Wildman–Crippen MR) is 171 cm³/mol. The van der Waals surface area contributed by atoms with E-state index in [0.717, 1.165) is 69.6 Å². The highest BCUT2D eigenvalue weighted by molar-refractivity contribution is 7.89. The lowest BCUT2D eigenvalue weighted by Crippen LogP contribution is -2.34. The smallest absolute Gasteiger partial charge is 0.253 e. The van der Waals surface area contributed by atoms with E-state index in [1.807, 2.05) is 23.1 Å². The van der Waals surface area contributed by atoms with Gasteiger partial charge in [0.15, 0.2) is 0 Å². The second-order valence-corrected chi connectivity index (χ2v) is 14.0. The minimum atomic E-state index is -3.77. The SMILES string of the molecule is CC(C)CCN(CCC(C)C)C(=O)c1ccc2nc(Nc3ccc(S(N)(=O)=O)cc3)n(CCCN3CCCCC3)c2c1. The third-order valence-electron chi connectivity index (χ3n) is 7.98. The number of benzene rings is 2. The Kier molecular flexibility index (Phi) is 11.0. The molecule has 1 aromatic heterocycles. The summed E-state index contributed by atoms with van der Waals surface area (Å²) in [5, 5.41) is 8.65. The van der Waals surface area contributed by atoms with Gasteiger partial charge in [0.1, 0.15) is 0 Å². The highest BCUT2D eigenvalue weighted by Gasteiger charge is 2.20. The molecular formula is C32H48N6O3S. The number of hydrogen-bond acceptors (Lipinski definition) is 6. The van der Waals surface area contributed by atoms with Crippen LogP contribution in [-0.4, -0.2) is 66.4 Å². The maximum atomic E-state index is 13.8. The molecule has 1 fully saturated rings. The van der Waals surface area contributed by atoms with Crippen LogP contribution in [0.25, 0.3) is 11.0 Å². The average Bonchev–Trinajstić information content (AvgIpc) is 3.29. The van der Waals surface area contributed by atoms with Crippen molar-refractivity contribution in [2.75, 3.05) is 38.0 Å². The molecule has 42 heavy (non-hydrogen) atoms. The van der Waals surface area contributed by atoms with Crippen LogP contribution in [0.15, 0.2) is 47.4 Å². The fourth-order valence-electron chi connectivity index (χ4n) is 5.40. The average molecular weight is 597 g/mol. The molecule has 0 saturated carbocycles. The Morgan fingerprint density at radius 1 is 0.952 bits per heavy atom. The number of sulfonamides is 1. The normalized spacial score (nSPS) is 14.6. The van der Waals surface area contributed by atoms with E-state index in [1.165, 1.54) is 31.4 Å². The highest BCUT2D eigenvalue weighted by atomic mass is 32.2. The van der Waals surface area contributed by atoms with Crippen LogP contribution in [0.4, 0.5) is 11.6 Å². The molecule has 230 valence electrons. The van der Waals surface area contributed by atoms with Gasteiger partial charge < -0.3 is 19.7 Å². The predicted octanol–water partition coefficient (Wildman–Crippen LogP) is 5.84. The minimum Gasteiger partial charge on any atom is -0.339 e. The van der Waals surface area contributed by atoms with E-state index in [-0.39, 0.29) is 10.8 Å². The molecule has 2 aromatic carbocycles. The van der Waals surface area contributed by atoms with Crippen molar-refractivity contribution >= 4 is 38.6 Å². The van der Waals surface area contributed by atoms with Crippen LogP contribution in [0.1, 0.15) is 76.6 Å². The largest absolute Gasteiger partial charge is 0.339 e. The van der Waals surface area contributed by atoms with Crippen molar-refractivity contribution in [1.82, 2.24) is 19.4 Å². The quantitative estimate of drug-likeness (QED) is 0.242. The topological polar surface area (TPSA) is 114 Å². The van der Waals surface area contributed by atoms with Crippen LogP contribution in [-0.2, 0) is 16.6 Å². The number of imidazole rings is 1. The number of amides is 1. The third kappa shape index (κ3) is 8.78.